The number of rotatable bonds is 9. The largest absolute Gasteiger partial charge is 0.306 e. The van der Waals surface area contributed by atoms with E-state index in [4.69, 9.17) is 0 Å². The second-order valence-electron chi connectivity index (χ2n) is 6.18. The Labute approximate surface area is 142 Å². The summed E-state index contributed by atoms with van der Waals surface area (Å²) < 4.78 is 39.5. The molecule has 0 spiro atoms. The molecule has 0 bridgehead atoms. The molecular weight excluding hydrogens is 311 g/mol. The van der Waals surface area contributed by atoms with Crippen molar-refractivity contribution in [3.63, 3.8) is 0 Å². The molecule has 4 heteroatoms. The number of hydrogen-bond acceptors (Lipinski definition) is 1. The minimum absolute atomic E-state index is 0.256. The van der Waals surface area contributed by atoms with Gasteiger partial charge in [0.1, 0.15) is 0 Å². The molecule has 0 aliphatic heterocycles. The van der Waals surface area contributed by atoms with E-state index in [0.717, 1.165) is 44.8 Å². The van der Waals surface area contributed by atoms with Gasteiger partial charge in [-0.2, -0.15) is 0 Å². The van der Waals surface area contributed by atoms with Gasteiger partial charge in [-0.15, -0.1) is 0 Å². The van der Waals surface area contributed by atoms with Crippen LogP contribution in [0.3, 0.4) is 0 Å². The number of hydrogen-bond donors (Lipinski definition) is 0. The van der Waals surface area contributed by atoms with Crippen LogP contribution in [0.4, 0.5) is 13.2 Å². The Morgan fingerprint density at radius 2 is 1.50 bits per heavy atom. The maximum Gasteiger partial charge on any atom is 0.194 e. The van der Waals surface area contributed by atoms with Gasteiger partial charge in [-0.25, -0.2) is 13.2 Å². The second kappa shape index (κ2) is 9.48. The third-order valence-corrected chi connectivity index (χ3v) is 4.23. The number of unbranched alkanes of at least 4 members (excludes halogenated alkanes) is 2. The monoisotopic (exact) mass is 335 g/mol. The third-order valence-electron chi connectivity index (χ3n) is 4.23. The molecular formula is C20H24F3N. The lowest BCUT2D eigenvalue weighted by molar-refractivity contribution is 0.328. The van der Waals surface area contributed by atoms with Crippen molar-refractivity contribution >= 4 is 0 Å². The summed E-state index contributed by atoms with van der Waals surface area (Å²) in [5.74, 6) is -3.54. The van der Waals surface area contributed by atoms with Crippen molar-refractivity contribution < 1.29 is 13.2 Å². The predicted molar refractivity (Wildman–Crippen MR) is 91.5 cm³/mol. The van der Waals surface area contributed by atoms with E-state index in [-0.39, 0.29) is 5.56 Å². The molecule has 2 aromatic rings. The maximum absolute atomic E-state index is 13.5. The van der Waals surface area contributed by atoms with Gasteiger partial charge in [0, 0.05) is 6.54 Å². The Balaban J connectivity index is 1.62. The first-order valence-electron chi connectivity index (χ1n) is 8.43. The molecule has 2 rings (SSSR count). The lowest BCUT2D eigenvalue weighted by Crippen LogP contribution is -2.22. The fourth-order valence-corrected chi connectivity index (χ4v) is 2.71. The normalized spacial score (nSPS) is 11.2. The van der Waals surface area contributed by atoms with E-state index in [2.05, 4.69) is 24.1 Å². The summed E-state index contributed by atoms with van der Waals surface area (Å²) in [7, 11) is 2.10. The zero-order valence-electron chi connectivity index (χ0n) is 14.1. The SMILES string of the molecule is CN(CCCCCc1ccc(F)c(F)c1F)CCc1ccccc1. The van der Waals surface area contributed by atoms with Crippen LogP contribution in [0.2, 0.25) is 0 Å². The van der Waals surface area contributed by atoms with Crippen molar-refractivity contribution in [2.45, 2.75) is 32.1 Å². The quantitative estimate of drug-likeness (QED) is 0.461. The first kappa shape index (κ1) is 18.5. The summed E-state index contributed by atoms with van der Waals surface area (Å²) in [6, 6.07) is 12.7. The van der Waals surface area contributed by atoms with Crippen molar-refractivity contribution in [1.82, 2.24) is 4.90 Å². The Bertz CT molecular complexity index is 628. The summed E-state index contributed by atoms with van der Waals surface area (Å²) in [6.07, 6.45) is 4.19. The topological polar surface area (TPSA) is 3.24 Å². The molecule has 0 fully saturated rings. The van der Waals surface area contributed by atoms with Gasteiger partial charge in [0.2, 0.25) is 0 Å². The van der Waals surface area contributed by atoms with Gasteiger partial charge in [-0.1, -0.05) is 42.8 Å². The summed E-state index contributed by atoms with van der Waals surface area (Å²) in [4.78, 5) is 2.28. The van der Waals surface area contributed by atoms with Crippen LogP contribution in [0.5, 0.6) is 0 Å². The van der Waals surface area contributed by atoms with E-state index in [1.807, 2.05) is 18.2 Å². The molecule has 0 saturated carbocycles. The van der Waals surface area contributed by atoms with Crippen LogP contribution in [0.15, 0.2) is 42.5 Å². The van der Waals surface area contributed by atoms with E-state index >= 15 is 0 Å². The molecule has 24 heavy (non-hydrogen) atoms. The number of aryl methyl sites for hydroxylation is 1. The van der Waals surface area contributed by atoms with Gasteiger partial charge in [0.05, 0.1) is 0 Å². The maximum atomic E-state index is 13.5. The van der Waals surface area contributed by atoms with Crippen LogP contribution in [-0.2, 0) is 12.8 Å². The summed E-state index contributed by atoms with van der Waals surface area (Å²) in [5, 5.41) is 0. The second-order valence-corrected chi connectivity index (χ2v) is 6.18. The average molecular weight is 335 g/mol. The molecule has 130 valence electrons. The lowest BCUT2D eigenvalue weighted by Gasteiger charge is -2.16. The summed E-state index contributed by atoms with van der Waals surface area (Å²) in [6.45, 7) is 1.98. The van der Waals surface area contributed by atoms with Crippen molar-refractivity contribution in [3.8, 4) is 0 Å². The van der Waals surface area contributed by atoms with Crippen molar-refractivity contribution in [2.75, 3.05) is 20.1 Å². The van der Waals surface area contributed by atoms with Crippen LogP contribution in [0.1, 0.15) is 30.4 Å². The molecule has 1 nitrogen and oxygen atoms in total. The standard InChI is InChI=1S/C20H24F3N/c1-24(15-13-16-8-4-2-5-9-16)14-7-3-6-10-17-11-12-18(21)20(23)19(17)22/h2,4-5,8-9,11-12H,3,6-7,10,13-15H2,1H3. The molecule has 0 aliphatic carbocycles. The fraction of sp³-hybridized carbons (Fsp3) is 0.400. The van der Waals surface area contributed by atoms with Crippen molar-refractivity contribution in [1.29, 1.82) is 0 Å². The first-order valence-corrected chi connectivity index (χ1v) is 8.43. The van der Waals surface area contributed by atoms with E-state index in [1.165, 1.54) is 11.6 Å². The Kier molecular flexibility index (Phi) is 7.32. The minimum atomic E-state index is -1.37. The van der Waals surface area contributed by atoms with Gasteiger partial charge in [0.15, 0.2) is 17.5 Å². The zero-order valence-corrected chi connectivity index (χ0v) is 14.1. The Morgan fingerprint density at radius 3 is 2.25 bits per heavy atom. The van der Waals surface area contributed by atoms with Crippen LogP contribution in [-0.4, -0.2) is 25.0 Å². The lowest BCUT2D eigenvalue weighted by atomic mass is 10.1. The highest BCUT2D eigenvalue weighted by Crippen LogP contribution is 2.17. The third kappa shape index (κ3) is 5.68. The van der Waals surface area contributed by atoms with Crippen LogP contribution >= 0.6 is 0 Å². The van der Waals surface area contributed by atoms with E-state index in [0.29, 0.717) is 6.42 Å². The first-order chi connectivity index (χ1) is 11.6. The van der Waals surface area contributed by atoms with Gasteiger partial charge in [-0.3, -0.25) is 0 Å². The average Bonchev–Trinajstić information content (AvgIpc) is 2.60. The Morgan fingerprint density at radius 1 is 0.750 bits per heavy atom. The molecule has 0 amide bonds. The molecule has 0 saturated heterocycles. The summed E-state index contributed by atoms with van der Waals surface area (Å²) >= 11 is 0. The molecule has 0 radical (unpaired) electrons. The predicted octanol–water partition coefficient (Wildman–Crippen LogP) is 4.99. The zero-order chi connectivity index (χ0) is 17.4. The van der Waals surface area contributed by atoms with Crippen LogP contribution in [0, 0.1) is 17.5 Å². The van der Waals surface area contributed by atoms with E-state index in [1.54, 1.807) is 0 Å². The highest BCUT2D eigenvalue weighted by Gasteiger charge is 2.12. The van der Waals surface area contributed by atoms with Gasteiger partial charge in [-0.05, 0) is 56.5 Å². The fourth-order valence-electron chi connectivity index (χ4n) is 2.71. The highest BCUT2D eigenvalue weighted by molar-refractivity contribution is 5.20. The molecule has 0 aromatic heterocycles. The minimum Gasteiger partial charge on any atom is -0.306 e. The van der Waals surface area contributed by atoms with Crippen LogP contribution in [0.25, 0.3) is 0 Å². The molecule has 0 atom stereocenters. The highest BCUT2D eigenvalue weighted by atomic mass is 19.2. The van der Waals surface area contributed by atoms with E-state index < -0.39 is 17.5 Å². The molecule has 0 N–H and O–H groups in total. The van der Waals surface area contributed by atoms with Crippen molar-refractivity contribution in [3.05, 3.63) is 71.0 Å². The van der Waals surface area contributed by atoms with E-state index in [9.17, 15) is 13.2 Å². The molecule has 0 unspecified atom stereocenters. The summed E-state index contributed by atoms with van der Waals surface area (Å²) in [5.41, 5.74) is 1.59. The number of benzene rings is 2. The van der Waals surface area contributed by atoms with Gasteiger partial charge < -0.3 is 4.90 Å². The number of halogens is 3. The molecule has 0 heterocycles. The number of likely N-dealkylation sites (N-methyl/N-ethyl adjacent to an activating group) is 1. The molecule has 2 aromatic carbocycles. The number of nitrogens with zero attached hydrogens (tertiary/aromatic N) is 1. The van der Waals surface area contributed by atoms with Crippen LogP contribution < -0.4 is 0 Å². The van der Waals surface area contributed by atoms with Crippen molar-refractivity contribution in [2.24, 2.45) is 0 Å². The van der Waals surface area contributed by atoms with Gasteiger partial charge >= 0.3 is 0 Å². The smallest absolute Gasteiger partial charge is 0.194 e. The Hall–Kier alpha value is -1.81. The molecule has 0 aliphatic rings. The van der Waals surface area contributed by atoms with Gasteiger partial charge in [0.25, 0.3) is 0 Å².